The number of carbonyl (C=O) groups is 1. The number of benzene rings is 1. The molecule has 1 aromatic rings. The lowest BCUT2D eigenvalue weighted by atomic mass is 10.0. The molecule has 0 aliphatic carbocycles. The molecule has 1 rings (SSSR count). The Hall–Kier alpha value is -1.35. The van der Waals surface area contributed by atoms with Crippen LogP contribution in [0.2, 0.25) is 0 Å². The fraction of sp³-hybridized carbons (Fsp3) is 0.417. The van der Waals surface area contributed by atoms with Crippen LogP contribution in [0.15, 0.2) is 30.3 Å². The van der Waals surface area contributed by atoms with Gasteiger partial charge in [0.05, 0.1) is 19.1 Å². The second kappa shape index (κ2) is 6.19. The van der Waals surface area contributed by atoms with E-state index in [1.54, 1.807) is 6.92 Å². The SMILES string of the molecule is CCOC(=O)[C@@H](CO)Cc1ccccc1. The lowest BCUT2D eigenvalue weighted by molar-refractivity contribution is -0.149. The Morgan fingerprint density at radius 2 is 2.07 bits per heavy atom. The zero-order valence-corrected chi connectivity index (χ0v) is 8.85. The van der Waals surface area contributed by atoms with Crippen LogP contribution >= 0.6 is 0 Å². The molecule has 0 aliphatic heterocycles. The summed E-state index contributed by atoms with van der Waals surface area (Å²) in [6.07, 6.45) is 0.524. The fourth-order valence-corrected chi connectivity index (χ4v) is 1.38. The van der Waals surface area contributed by atoms with E-state index in [-0.39, 0.29) is 12.6 Å². The van der Waals surface area contributed by atoms with E-state index in [9.17, 15) is 4.79 Å². The van der Waals surface area contributed by atoms with E-state index in [1.165, 1.54) is 0 Å². The Morgan fingerprint density at radius 3 is 2.60 bits per heavy atom. The average Bonchev–Trinajstić information content (AvgIpc) is 2.27. The first-order valence-electron chi connectivity index (χ1n) is 5.09. The number of carbonyl (C=O) groups excluding carboxylic acids is 1. The molecule has 0 unspecified atom stereocenters. The maximum atomic E-state index is 11.4. The Kier molecular flexibility index (Phi) is 4.84. The van der Waals surface area contributed by atoms with E-state index in [4.69, 9.17) is 9.84 Å². The molecule has 0 spiro atoms. The predicted molar refractivity (Wildman–Crippen MR) is 57.4 cm³/mol. The van der Waals surface area contributed by atoms with E-state index in [1.807, 2.05) is 30.3 Å². The molecule has 1 N–H and O–H groups in total. The Labute approximate surface area is 89.7 Å². The predicted octanol–water partition coefficient (Wildman–Crippen LogP) is 1.40. The van der Waals surface area contributed by atoms with E-state index in [0.29, 0.717) is 13.0 Å². The third-order valence-corrected chi connectivity index (χ3v) is 2.17. The van der Waals surface area contributed by atoms with Crippen molar-refractivity contribution < 1.29 is 14.6 Å². The van der Waals surface area contributed by atoms with Gasteiger partial charge in [-0.1, -0.05) is 30.3 Å². The topological polar surface area (TPSA) is 46.5 Å². The summed E-state index contributed by atoms with van der Waals surface area (Å²) in [5, 5.41) is 9.08. The van der Waals surface area contributed by atoms with E-state index in [2.05, 4.69) is 0 Å². The van der Waals surface area contributed by atoms with Gasteiger partial charge in [-0.05, 0) is 18.9 Å². The number of hydrogen-bond acceptors (Lipinski definition) is 3. The van der Waals surface area contributed by atoms with Crippen molar-refractivity contribution >= 4 is 5.97 Å². The van der Waals surface area contributed by atoms with Crippen molar-refractivity contribution in [1.82, 2.24) is 0 Å². The molecule has 1 atom stereocenters. The van der Waals surface area contributed by atoms with Gasteiger partial charge < -0.3 is 9.84 Å². The Morgan fingerprint density at radius 1 is 1.40 bits per heavy atom. The summed E-state index contributed by atoms with van der Waals surface area (Å²) in [6.45, 7) is 1.94. The van der Waals surface area contributed by atoms with Crippen molar-refractivity contribution in [2.45, 2.75) is 13.3 Å². The molecule has 3 heteroatoms. The first kappa shape index (κ1) is 11.7. The van der Waals surface area contributed by atoms with Gasteiger partial charge in [-0.25, -0.2) is 0 Å². The summed E-state index contributed by atoms with van der Waals surface area (Å²) >= 11 is 0. The number of esters is 1. The first-order chi connectivity index (χ1) is 7.27. The highest BCUT2D eigenvalue weighted by Crippen LogP contribution is 2.09. The number of aliphatic hydroxyl groups excluding tert-OH is 1. The van der Waals surface area contributed by atoms with Crippen molar-refractivity contribution in [3.05, 3.63) is 35.9 Å². The van der Waals surface area contributed by atoms with Gasteiger partial charge >= 0.3 is 5.97 Å². The number of rotatable bonds is 5. The summed E-state index contributed by atoms with van der Waals surface area (Å²) in [6, 6.07) is 9.61. The lowest BCUT2D eigenvalue weighted by Crippen LogP contribution is -2.23. The highest BCUT2D eigenvalue weighted by molar-refractivity contribution is 5.72. The van der Waals surface area contributed by atoms with Crippen LogP contribution in [0.25, 0.3) is 0 Å². The number of hydrogen-bond donors (Lipinski definition) is 1. The zero-order chi connectivity index (χ0) is 11.1. The molecular formula is C12H16O3. The summed E-state index contributed by atoms with van der Waals surface area (Å²) in [4.78, 5) is 11.4. The van der Waals surface area contributed by atoms with Crippen molar-refractivity contribution in [2.24, 2.45) is 5.92 Å². The zero-order valence-electron chi connectivity index (χ0n) is 8.85. The van der Waals surface area contributed by atoms with Crippen molar-refractivity contribution in [3.63, 3.8) is 0 Å². The monoisotopic (exact) mass is 208 g/mol. The summed E-state index contributed by atoms with van der Waals surface area (Å²) in [5.74, 6) is -0.781. The third kappa shape index (κ3) is 3.72. The van der Waals surface area contributed by atoms with Crippen LogP contribution < -0.4 is 0 Å². The third-order valence-electron chi connectivity index (χ3n) is 2.17. The number of aliphatic hydroxyl groups is 1. The molecule has 0 heterocycles. The van der Waals surface area contributed by atoms with Crippen LogP contribution in [0.5, 0.6) is 0 Å². The van der Waals surface area contributed by atoms with Crippen molar-refractivity contribution in [3.8, 4) is 0 Å². The molecular weight excluding hydrogens is 192 g/mol. The van der Waals surface area contributed by atoms with E-state index < -0.39 is 5.92 Å². The Balaban J connectivity index is 2.58. The minimum atomic E-state index is -0.452. The van der Waals surface area contributed by atoms with Crippen molar-refractivity contribution in [2.75, 3.05) is 13.2 Å². The smallest absolute Gasteiger partial charge is 0.311 e. The second-order valence-corrected chi connectivity index (χ2v) is 3.32. The van der Waals surface area contributed by atoms with Crippen LogP contribution in [0.3, 0.4) is 0 Å². The van der Waals surface area contributed by atoms with Crippen LogP contribution in [0, 0.1) is 5.92 Å². The molecule has 0 fully saturated rings. The molecule has 1 aromatic carbocycles. The van der Waals surface area contributed by atoms with Gasteiger partial charge in [0.1, 0.15) is 0 Å². The first-order valence-corrected chi connectivity index (χ1v) is 5.09. The molecule has 3 nitrogen and oxygen atoms in total. The Bertz CT molecular complexity index is 295. The molecule has 0 bridgehead atoms. The summed E-state index contributed by atoms with van der Waals surface area (Å²) in [5.41, 5.74) is 1.03. The van der Waals surface area contributed by atoms with Gasteiger partial charge in [0.2, 0.25) is 0 Å². The highest BCUT2D eigenvalue weighted by Gasteiger charge is 2.18. The molecule has 0 saturated carbocycles. The molecule has 0 aliphatic rings. The molecule has 0 radical (unpaired) electrons. The van der Waals surface area contributed by atoms with Crippen LogP contribution in [0.4, 0.5) is 0 Å². The van der Waals surface area contributed by atoms with Gasteiger partial charge in [0.15, 0.2) is 0 Å². The van der Waals surface area contributed by atoms with Crippen LogP contribution in [-0.4, -0.2) is 24.3 Å². The molecule has 0 saturated heterocycles. The summed E-state index contributed by atoms with van der Waals surface area (Å²) in [7, 11) is 0. The normalized spacial score (nSPS) is 12.1. The van der Waals surface area contributed by atoms with Gasteiger partial charge in [-0.15, -0.1) is 0 Å². The lowest BCUT2D eigenvalue weighted by Gasteiger charge is -2.12. The van der Waals surface area contributed by atoms with Gasteiger partial charge in [-0.3, -0.25) is 4.79 Å². The van der Waals surface area contributed by atoms with Gasteiger partial charge in [-0.2, -0.15) is 0 Å². The average molecular weight is 208 g/mol. The maximum absolute atomic E-state index is 11.4. The maximum Gasteiger partial charge on any atom is 0.311 e. The fourth-order valence-electron chi connectivity index (χ4n) is 1.38. The quantitative estimate of drug-likeness (QED) is 0.744. The standard InChI is InChI=1S/C12H16O3/c1-2-15-12(14)11(9-13)8-10-6-4-3-5-7-10/h3-7,11,13H,2,8-9H2,1H3/t11-/m1/s1. The molecule has 82 valence electrons. The largest absolute Gasteiger partial charge is 0.466 e. The molecule has 15 heavy (non-hydrogen) atoms. The molecule has 0 amide bonds. The highest BCUT2D eigenvalue weighted by atomic mass is 16.5. The minimum absolute atomic E-state index is 0.173. The second-order valence-electron chi connectivity index (χ2n) is 3.32. The minimum Gasteiger partial charge on any atom is -0.466 e. The summed E-state index contributed by atoms with van der Waals surface area (Å²) < 4.78 is 4.87. The van der Waals surface area contributed by atoms with Gasteiger partial charge in [0.25, 0.3) is 0 Å². The molecule has 0 aromatic heterocycles. The van der Waals surface area contributed by atoms with E-state index >= 15 is 0 Å². The number of ether oxygens (including phenoxy) is 1. The van der Waals surface area contributed by atoms with Crippen LogP contribution in [0.1, 0.15) is 12.5 Å². The van der Waals surface area contributed by atoms with Crippen molar-refractivity contribution in [1.29, 1.82) is 0 Å². The van der Waals surface area contributed by atoms with Crippen LogP contribution in [-0.2, 0) is 16.0 Å². The van der Waals surface area contributed by atoms with Gasteiger partial charge in [0, 0.05) is 0 Å². The van der Waals surface area contributed by atoms with E-state index in [0.717, 1.165) is 5.56 Å².